The summed E-state index contributed by atoms with van der Waals surface area (Å²) in [7, 11) is 0. The van der Waals surface area contributed by atoms with Gasteiger partial charge < -0.3 is 5.32 Å². The second-order valence-corrected chi connectivity index (χ2v) is 6.30. The number of para-hydroxylation sites is 1. The summed E-state index contributed by atoms with van der Waals surface area (Å²) in [5.74, 6) is -0.156. The van der Waals surface area contributed by atoms with E-state index < -0.39 is 0 Å². The van der Waals surface area contributed by atoms with Crippen LogP contribution in [0.5, 0.6) is 0 Å². The van der Waals surface area contributed by atoms with Gasteiger partial charge in [0.05, 0.1) is 23.9 Å². The quantitative estimate of drug-likeness (QED) is 0.569. The van der Waals surface area contributed by atoms with Crippen LogP contribution in [0.15, 0.2) is 59.8 Å². The molecule has 2 aromatic heterocycles. The zero-order valence-corrected chi connectivity index (χ0v) is 15.1. The van der Waals surface area contributed by atoms with Gasteiger partial charge in [-0.1, -0.05) is 18.2 Å². The Morgan fingerprint density at radius 2 is 2.04 bits per heavy atom. The second kappa shape index (κ2) is 7.39. The number of carbonyl (C=O) groups excluding carboxylic acids is 1. The summed E-state index contributed by atoms with van der Waals surface area (Å²) in [6, 6.07) is 12.8. The number of hydrogen-bond donors (Lipinski definition) is 1. The van der Waals surface area contributed by atoms with Gasteiger partial charge in [-0.05, 0) is 47.2 Å². The van der Waals surface area contributed by atoms with Crippen LogP contribution in [-0.2, 0) is 11.3 Å². The zero-order valence-electron chi connectivity index (χ0n) is 15.1. The van der Waals surface area contributed by atoms with Crippen molar-refractivity contribution in [2.45, 2.75) is 19.9 Å². The Balaban J connectivity index is 1.48. The third-order valence-corrected chi connectivity index (χ3v) is 4.40. The molecule has 4 rings (SSSR count). The van der Waals surface area contributed by atoms with Gasteiger partial charge >= 0.3 is 0 Å². The van der Waals surface area contributed by atoms with E-state index in [-0.39, 0.29) is 17.8 Å². The van der Waals surface area contributed by atoms with Crippen molar-refractivity contribution in [3.63, 3.8) is 0 Å². The summed E-state index contributed by atoms with van der Waals surface area (Å²) in [4.78, 5) is 24.3. The molecule has 0 spiro atoms. The minimum atomic E-state index is -0.156. The molecule has 0 fully saturated rings. The second-order valence-electron chi connectivity index (χ2n) is 6.30. The van der Waals surface area contributed by atoms with Crippen LogP contribution >= 0.6 is 0 Å². The molecular weight excluding hydrogens is 358 g/mol. The highest BCUT2D eigenvalue weighted by Crippen LogP contribution is 2.18. The van der Waals surface area contributed by atoms with Gasteiger partial charge in [-0.15, -0.1) is 5.10 Å². The van der Waals surface area contributed by atoms with E-state index in [9.17, 15) is 9.59 Å². The van der Waals surface area contributed by atoms with E-state index >= 15 is 0 Å². The molecule has 2 aromatic carbocycles. The smallest absolute Gasteiger partial charge is 0.226 e. The van der Waals surface area contributed by atoms with Crippen LogP contribution in [-0.4, -0.2) is 35.9 Å². The Hall–Kier alpha value is -3.88. The van der Waals surface area contributed by atoms with Crippen LogP contribution in [0.3, 0.4) is 0 Å². The molecule has 0 aliphatic carbocycles. The van der Waals surface area contributed by atoms with E-state index in [0.29, 0.717) is 23.1 Å². The van der Waals surface area contributed by atoms with Crippen molar-refractivity contribution in [1.29, 1.82) is 0 Å². The molecule has 0 aliphatic rings. The van der Waals surface area contributed by atoms with E-state index in [1.165, 1.54) is 12.5 Å². The van der Waals surface area contributed by atoms with Crippen molar-refractivity contribution in [2.24, 2.45) is 0 Å². The van der Waals surface area contributed by atoms with Gasteiger partial charge in [0.15, 0.2) is 0 Å². The van der Waals surface area contributed by atoms with E-state index in [1.807, 2.05) is 37.3 Å². The molecule has 0 aliphatic heterocycles. The average molecular weight is 375 g/mol. The summed E-state index contributed by atoms with van der Waals surface area (Å²) < 4.78 is 3.21. The number of nitrogens with zero attached hydrogens (tertiary/aromatic N) is 6. The van der Waals surface area contributed by atoms with E-state index in [1.54, 1.807) is 21.5 Å². The molecule has 2 heterocycles. The molecule has 0 atom stereocenters. The number of carbonyl (C=O) groups is 1. The number of amides is 1. The van der Waals surface area contributed by atoms with Gasteiger partial charge in [0.25, 0.3) is 0 Å². The first-order valence-electron chi connectivity index (χ1n) is 8.70. The maximum absolute atomic E-state index is 12.4. The molecule has 9 nitrogen and oxygen atoms in total. The Bertz CT molecular complexity index is 1200. The lowest BCUT2D eigenvalue weighted by Crippen LogP contribution is -2.18. The molecule has 0 saturated heterocycles. The van der Waals surface area contributed by atoms with Gasteiger partial charge in [0.1, 0.15) is 6.33 Å². The first kappa shape index (κ1) is 17.5. The van der Waals surface area contributed by atoms with E-state index in [0.717, 1.165) is 11.3 Å². The standard InChI is InChI=1S/C19H17N7O2/c1-13-6-7-14(10-17(13)26-12-20-23-24-26)22-19(28)8-9-25-16-5-3-2-4-15(16)18(27)11-21-25/h2-7,10-12H,8-9H2,1H3,(H,22,28). The van der Waals surface area contributed by atoms with Crippen molar-refractivity contribution >= 4 is 22.5 Å². The molecule has 0 bridgehead atoms. The third kappa shape index (κ3) is 3.50. The largest absolute Gasteiger partial charge is 0.326 e. The van der Waals surface area contributed by atoms with Crippen LogP contribution in [0.1, 0.15) is 12.0 Å². The fourth-order valence-corrected chi connectivity index (χ4v) is 2.98. The van der Waals surface area contributed by atoms with Crippen LogP contribution in [0, 0.1) is 6.92 Å². The van der Waals surface area contributed by atoms with Crippen LogP contribution < -0.4 is 10.7 Å². The summed E-state index contributed by atoms with van der Waals surface area (Å²) >= 11 is 0. The monoisotopic (exact) mass is 375 g/mol. The van der Waals surface area contributed by atoms with Crippen molar-refractivity contribution in [3.05, 3.63) is 70.8 Å². The van der Waals surface area contributed by atoms with Gasteiger partial charge in [0, 0.05) is 17.5 Å². The predicted octanol–water partition coefficient (Wildman–Crippen LogP) is 1.71. The van der Waals surface area contributed by atoms with Gasteiger partial charge in [-0.25, -0.2) is 4.68 Å². The molecular formula is C19H17N7O2. The number of aromatic nitrogens is 6. The first-order valence-corrected chi connectivity index (χ1v) is 8.70. The van der Waals surface area contributed by atoms with Gasteiger partial charge in [-0.3, -0.25) is 14.3 Å². The minimum Gasteiger partial charge on any atom is -0.326 e. The molecule has 28 heavy (non-hydrogen) atoms. The van der Waals surface area contributed by atoms with Crippen LogP contribution in [0.2, 0.25) is 0 Å². The summed E-state index contributed by atoms with van der Waals surface area (Å²) in [5.41, 5.74) is 2.99. The Morgan fingerprint density at radius 3 is 2.86 bits per heavy atom. The Labute approximate surface area is 159 Å². The lowest BCUT2D eigenvalue weighted by molar-refractivity contribution is -0.116. The SMILES string of the molecule is Cc1ccc(NC(=O)CCn2ncc(=O)c3ccccc32)cc1-n1cnnn1. The number of aryl methyl sites for hydroxylation is 2. The summed E-state index contributed by atoms with van der Waals surface area (Å²) in [5, 5.41) is 18.8. The van der Waals surface area contributed by atoms with Crippen LogP contribution in [0.25, 0.3) is 16.6 Å². The highest BCUT2D eigenvalue weighted by atomic mass is 16.1. The first-order chi connectivity index (χ1) is 13.6. The number of anilines is 1. The van der Waals surface area contributed by atoms with Crippen molar-refractivity contribution in [3.8, 4) is 5.69 Å². The molecule has 4 aromatic rings. The normalized spacial score (nSPS) is 10.9. The fourth-order valence-electron chi connectivity index (χ4n) is 2.98. The molecule has 0 unspecified atom stereocenters. The fraction of sp³-hybridized carbons (Fsp3) is 0.158. The number of nitrogens with one attached hydrogen (secondary N) is 1. The highest BCUT2D eigenvalue weighted by Gasteiger charge is 2.09. The molecule has 1 N–H and O–H groups in total. The van der Waals surface area contributed by atoms with E-state index in [2.05, 4.69) is 25.9 Å². The number of hydrogen-bond acceptors (Lipinski definition) is 6. The van der Waals surface area contributed by atoms with Crippen molar-refractivity contribution < 1.29 is 4.79 Å². The molecule has 9 heteroatoms. The summed E-state index contributed by atoms with van der Waals surface area (Å²) in [6.07, 6.45) is 2.99. The number of rotatable bonds is 5. The van der Waals surface area contributed by atoms with Crippen molar-refractivity contribution in [2.75, 3.05) is 5.32 Å². The summed E-state index contributed by atoms with van der Waals surface area (Å²) in [6.45, 7) is 2.30. The lowest BCUT2D eigenvalue weighted by atomic mass is 10.2. The van der Waals surface area contributed by atoms with E-state index in [4.69, 9.17) is 0 Å². The minimum absolute atomic E-state index is 0.133. The number of tetrazole rings is 1. The molecule has 0 saturated carbocycles. The maximum Gasteiger partial charge on any atom is 0.226 e. The Kier molecular flexibility index (Phi) is 4.63. The topological polar surface area (TPSA) is 108 Å². The number of fused-ring (bicyclic) bond motifs is 1. The number of benzene rings is 2. The van der Waals surface area contributed by atoms with Gasteiger partial charge in [0.2, 0.25) is 11.3 Å². The average Bonchev–Trinajstić information content (AvgIpc) is 3.24. The molecule has 0 radical (unpaired) electrons. The lowest BCUT2D eigenvalue weighted by Gasteiger charge is -2.11. The third-order valence-electron chi connectivity index (χ3n) is 4.40. The Morgan fingerprint density at radius 1 is 1.18 bits per heavy atom. The van der Waals surface area contributed by atoms with Crippen LogP contribution in [0.4, 0.5) is 5.69 Å². The van der Waals surface area contributed by atoms with Gasteiger partial charge in [-0.2, -0.15) is 5.10 Å². The zero-order chi connectivity index (χ0) is 19.5. The predicted molar refractivity (Wildman–Crippen MR) is 103 cm³/mol. The van der Waals surface area contributed by atoms with Crippen molar-refractivity contribution in [1.82, 2.24) is 30.0 Å². The maximum atomic E-state index is 12.4. The highest BCUT2D eigenvalue weighted by molar-refractivity contribution is 5.91. The molecule has 140 valence electrons. The molecule has 1 amide bonds.